The SMILES string of the molecule is C=CC(=O)N1Cc2sc(Cl)cc2[C@@H](c2ccccc2-c2ccc(F)nc2)C1. The summed E-state index contributed by atoms with van der Waals surface area (Å²) in [5.74, 6) is -0.637. The number of aromatic nitrogens is 1. The first-order valence-electron chi connectivity index (χ1n) is 8.47. The van der Waals surface area contributed by atoms with Gasteiger partial charge < -0.3 is 4.90 Å². The zero-order valence-corrected chi connectivity index (χ0v) is 15.9. The van der Waals surface area contributed by atoms with E-state index in [0.29, 0.717) is 17.4 Å². The van der Waals surface area contributed by atoms with E-state index in [-0.39, 0.29) is 11.8 Å². The molecular formula is C21H16ClFN2OS. The standard InChI is InChI=1S/C21H16ClFN2OS/c1-2-21(26)25-11-17(16-9-19(22)27-18(16)12-25)15-6-4-3-5-14(15)13-7-8-20(23)24-10-13/h2-10,17H,1,11-12H2/t17-/m1/s1. The van der Waals surface area contributed by atoms with Crippen LogP contribution < -0.4 is 0 Å². The molecule has 27 heavy (non-hydrogen) atoms. The summed E-state index contributed by atoms with van der Waals surface area (Å²) >= 11 is 7.78. The van der Waals surface area contributed by atoms with Crippen LogP contribution in [0.5, 0.6) is 0 Å². The van der Waals surface area contributed by atoms with Gasteiger partial charge in [0.05, 0.1) is 10.9 Å². The van der Waals surface area contributed by atoms with Gasteiger partial charge >= 0.3 is 0 Å². The van der Waals surface area contributed by atoms with E-state index in [2.05, 4.69) is 11.6 Å². The van der Waals surface area contributed by atoms with Gasteiger partial charge in [0.25, 0.3) is 0 Å². The second-order valence-electron chi connectivity index (χ2n) is 6.36. The Morgan fingerprint density at radius 2 is 2.11 bits per heavy atom. The van der Waals surface area contributed by atoms with Crippen LogP contribution in [-0.2, 0) is 11.3 Å². The van der Waals surface area contributed by atoms with Crippen LogP contribution in [0.25, 0.3) is 11.1 Å². The lowest BCUT2D eigenvalue weighted by Gasteiger charge is -2.33. The maximum absolute atomic E-state index is 13.3. The summed E-state index contributed by atoms with van der Waals surface area (Å²) in [5, 5.41) is 0. The topological polar surface area (TPSA) is 33.2 Å². The number of fused-ring (bicyclic) bond motifs is 1. The minimum atomic E-state index is -0.511. The molecule has 1 aliphatic heterocycles. The van der Waals surface area contributed by atoms with Gasteiger partial charge in [-0.15, -0.1) is 11.3 Å². The van der Waals surface area contributed by atoms with Gasteiger partial charge in [-0.2, -0.15) is 4.39 Å². The molecule has 3 aromatic rings. The number of carbonyl (C=O) groups is 1. The van der Waals surface area contributed by atoms with Gasteiger partial charge in [-0.1, -0.05) is 42.4 Å². The quantitative estimate of drug-likeness (QED) is 0.445. The predicted molar refractivity (Wildman–Crippen MR) is 106 cm³/mol. The first kappa shape index (κ1) is 17.9. The number of amides is 1. The summed E-state index contributed by atoms with van der Waals surface area (Å²) in [6.45, 7) is 4.68. The Hall–Kier alpha value is -2.50. The molecule has 0 fully saturated rings. The van der Waals surface area contributed by atoms with E-state index in [0.717, 1.165) is 27.1 Å². The minimum absolute atomic E-state index is 0.0253. The Labute approximate surface area is 165 Å². The average Bonchev–Trinajstić information content (AvgIpc) is 3.07. The molecule has 1 aromatic carbocycles. The Balaban J connectivity index is 1.83. The van der Waals surface area contributed by atoms with Crippen molar-refractivity contribution in [2.75, 3.05) is 6.54 Å². The highest BCUT2D eigenvalue weighted by Crippen LogP contribution is 2.42. The summed E-state index contributed by atoms with van der Waals surface area (Å²) < 4.78 is 14.0. The van der Waals surface area contributed by atoms with E-state index in [1.165, 1.54) is 29.7 Å². The molecule has 2 aromatic heterocycles. The Morgan fingerprint density at radius 3 is 2.85 bits per heavy atom. The van der Waals surface area contributed by atoms with Gasteiger partial charge in [-0.3, -0.25) is 4.79 Å². The molecule has 6 heteroatoms. The van der Waals surface area contributed by atoms with Crippen molar-refractivity contribution in [2.45, 2.75) is 12.5 Å². The number of benzene rings is 1. The molecule has 0 saturated carbocycles. The molecule has 0 bridgehead atoms. The van der Waals surface area contributed by atoms with Crippen molar-refractivity contribution in [1.82, 2.24) is 9.88 Å². The lowest BCUT2D eigenvalue weighted by atomic mass is 9.84. The summed E-state index contributed by atoms with van der Waals surface area (Å²) in [5.41, 5.74) is 4.00. The van der Waals surface area contributed by atoms with Crippen molar-refractivity contribution >= 4 is 28.8 Å². The third kappa shape index (κ3) is 3.40. The van der Waals surface area contributed by atoms with Gasteiger partial charge in [0.15, 0.2) is 0 Å². The summed E-state index contributed by atoms with van der Waals surface area (Å²) in [6, 6.07) is 13.0. The summed E-state index contributed by atoms with van der Waals surface area (Å²) in [4.78, 5) is 18.9. The molecule has 4 rings (SSSR count). The molecule has 1 atom stereocenters. The summed E-state index contributed by atoms with van der Waals surface area (Å²) in [6.07, 6.45) is 2.87. The zero-order valence-electron chi connectivity index (χ0n) is 14.4. The highest BCUT2D eigenvalue weighted by atomic mass is 35.5. The third-order valence-corrected chi connectivity index (χ3v) is 6.05. The molecule has 136 valence electrons. The lowest BCUT2D eigenvalue weighted by Crippen LogP contribution is -2.37. The molecule has 3 nitrogen and oxygen atoms in total. The second kappa shape index (κ2) is 7.25. The highest BCUT2D eigenvalue weighted by molar-refractivity contribution is 7.16. The normalized spacial score (nSPS) is 16.1. The van der Waals surface area contributed by atoms with Crippen molar-refractivity contribution in [3.05, 3.63) is 87.6 Å². The number of thiophene rings is 1. The number of nitrogens with zero attached hydrogens (tertiary/aromatic N) is 2. The molecule has 0 aliphatic carbocycles. The Morgan fingerprint density at radius 1 is 1.30 bits per heavy atom. The monoisotopic (exact) mass is 398 g/mol. The van der Waals surface area contributed by atoms with E-state index >= 15 is 0 Å². The van der Waals surface area contributed by atoms with Crippen LogP contribution in [0.4, 0.5) is 4.39 Å². The van der Waals surface area contributed by atoms with Crippen molar-refractivity contribution in [2.24, 2.45) is 0 Å². The number of hydrogen-bond donors (Lipinski definition) is 0. The van der Waals surface area contributed by atoms with Gasteiger partial charge in [0.2, 0.25) is 11.9 Å². The fraction of sp³-hybridized carbons (Fsp3) is 0.143. The van der Waals surface area contributed by atoms with E-state index in [4.69, 9.17) is 11.6 Å². The number of carbonyl (C=O) groups excluding carboxylic acids is 1. The Kier molecular flexibility index (Phi) is 4.81. The smallest absolute Gasteiger partial charge is 0.246 e. The van der Waals surface area contributed by atoms with Crippen molar-refractivity contribution < 1.29 is 9.18 Å². The minimum Gasteiger partial charge on any atom is -0.333 e. The largest absolute Gasteiger partial charge is 0.333 e. The fourth-order valence-corrected chi connectivity index (χ4v) is 4.90. The van der Waals surface area contributed by atoms with Crippen LogP contribution in [0.3, 0.4) is 0 Å². The molecule has 3 heterocycles. The molecule has 0 unspecified atom stereocenters. The van der Waals surface area contributed by atoms with Crippen LogP contribution in [0.1, 0.15) is 21.9 Å². The highest BCUT2D eigenvalue weighted by Gasteiger charge is 2.31. The van der Waals surface area contributed by atoms with E-state index in [1.807, 2.05) is 30.3 Å². The fourth-order valence-electron chi connectivity index (χ4n) is 3.55. The molecule has 0 N–H and O–H groups in total. The van der Waals surface area contributed by atoms with Gasteiger partial charge in [0.1, 0.15) is 0 Å². The summed E-state index contributed by atoms with van der Waals surface area (Å²) in [7, 11) is 0. The van der Waals surface area contributed by atoms with E-state index < -0.39 is 5.95 Å². The van der Waals surface area contributed by atoms with E-state index in [9.17, 15) is 9.18 Å². The van der Waals surface area contributed by atoms with Crippen molar-refractivity contribution in [3.8, 4) is 11.1 Å². The Bertz CT molecular complexity index is 1020. The van der Waals surface area contributed by atoms with Crippen LogP contribution in [0.2, 0.25) is 4.34 Å². The van der Waals surface area contributed by atoms with Crippen LogP contribution in [0.15, 0.2) is 61.3 Å². The number of pyridine rings is 1. The lowest BCUT2D eigenvalue weighted by molar-refractivity contribution is -0.127. The van der Waals surface area contributed by atoms with Gasteiger partial charge in [0, 0.05) is 29.1 Å². The zero-order chi connectivity index (χ0) is 19.0. The van der Waals surface area contributed by atoms with Gasteiger partial charge in [-0.05, 0) is 41.0 Å². The van der Waals surface area contributed by atoms with Crippen LogP contribution in [-0.4, -0.2) is 22.3 Å². The maximum atomic E-state index is 13.3. The second-order valence-corrected chi connectivity index (χ2v) is 8.13. The molecule has 1 amide bonds. The molecule has 0 saturated heterocycles. The van der Waals surface area contributed by atoms with Crippen LogP contribution >= 0.6 is 22.9 Å². The number of rotatable bonds is 3. The van der Waals surface area contributed by atoms with Crippen molar-refractivity contribution in [1.29, 1.82) is 0 Å². The average molecular weight is 399 g/mol. The molecule has 1 aliphatic rings. The first-order valence-corrected chi connectivity index (χ1v) is 9.66. The number of halogens is 2. The van der Waals surface area contributed by atoms with E-state index in [1.54, 1.807) is 11.0 Å². The first-order chi connectivity index (χ1) is 13.1. The van der Waals surface area contributed by atoms with Crippen LogP contribution in [0, 0.1) is 5.95 Å². The van der Waals surface area contributed by atoms with Gasteiger partial charge in [-0.25, -0.2) is 4.98 Å². The third-order valence-electron chi connectivity index (χ3n) is 4.79. The van der Waals surface area contributed by atoms with Crippen molar-refractivity contribution in [3.63, 3.8) is 0 Å². The predicted octanol–water partition coefficient (Wildman–Crippen LogP) is 5.26. The maximum Gasteiger partial charge on any atom is 0.246 e. The molecular weight excluding hydrogens is 383 g/mol. The number of hydrogen-bond acceptors (Lipinski definition) is 3. The molecule has 0 radical (unpaired) electrons. The molecule has 0 spiro atoms.